The Morgan fingerprint density at radius 3 is 2.60 bits per heavy atom. The highest BCUT2D eigenvalue weighted by molar-refractivity contribution is 7.26. The van der Waals surface area contributed by atoms with Crippen LogP contribution in [0.1, 0.15) is 24.8 Å². The number of hydrogen-bond acceptors (Lipinski definition) is 3. The molecule has 0 unspecified atom stereocenters. The molecule has 168 valence electrons. The second kappa shape index (κ2) is 8.91. The van der Waals surface area contributed by atoms with E-state index in [4.69, 9.17) is 0 Å². The Bertz CT molecular complexity index is 1650. The van der Waals surface area contributed by atoms with E-state index in [0.717, 1.165) is 47.5 Å². The molecule has 1 aromatic heterocycles. The van der Waals surface area contributed by atoms with Crippen LogP contribution in [0, 0.1) is 11.3 Å². The van der Waals surface area contributed by atoms with Gasteiger partial charge < -0.3 is 4.90 Å². The summed E-state index contributed by atoms with van der Waals surface area (Å²) < 4.78 is 2.51. The number of allylic oxidation sites excluding steroid dienone is 7. The number of anilines is 1. The van der Waals surface area contributed by atoms with Gasteiger partial charge in [-0.3, -0.25) is 0 Å². The van der Waals surface area contributed by atoms with Gasteiger partial charge in [-0.1, -0.05) is 79.4 Å². The highest BCUT2D eigenvalue weighted by Gasteiger charge is 2.25. The van der Waals surface area contributed by atoms with Crippen LogP contribution in [0.25, 0.3) is 31.3 Å². The van der Waals surface area contributed by atoms with Crippen LogP contribution in [-0.4, -0.2) is 0 Å². The first-order valence-corrected chi connectivity index (χ1v) is 12.7. The van der Waals surface area contributed by atoms with Crippen LogP contribution in [0.2, 0.25) is 0 Å². The number of para-hydroxylation sites is 1. The number of fused-ring (bicyclic) bond motifs is 3. The monoisotopic (exact) mass is 468 g/mol. The number of benzene rings is 3. The topological polar surface area (TPSA) is 27.0 Å². The zero-order valence-electron chi connectivity index (χ0n) is 19.4. The van der Waals surface area contributed by atoms with Crippen LogP contribution in [0.5, 0.6) is 0 Å². The van der Waals surface area contributed by atoms with Gasteiger partial charge in [-0.05, 0) is 49.1 Å². The smallest absolute Gasteiger partial charge is 0.101 e. The van der Waals surface area contributed by atoms with E-state index in [0.29, 0.717) is 5.56 Å². The molecule has 1 aliphatic heterocycles. The number of nitrogens with zero attached hydrogens (tertiary/aromatic N) is 2. The third-order valence-corrected chi connectivity index (χ3v) is 7.97. The van der Waals surface area contributed by atoms with Gasteiger partial charge in [-0.15, -0.1) is 11.3 Å². The highest BCUT2D eigenvalue weighted by Crippen LogP contribution is 2.45. The molecule has 3 aromatic carbocycles. The van der Waals surface area contributed by atoms with Crippen LogP contribution >= 0.6 is 11.3 Å². The van der Waals surface area contributed by atoms with Crippen molar-refractivity contribution >= 4 is 37.2 Å². The van der Waals surface area contributed by atoms with E-state index in [9.17, 15) is 5.26 Å². The maximum Gasteiger partial charge on any atom is 0.101 e. The van der Waals surface area contributed by atoms with Crippen molar-refractivity contribution in [1.29, 1.82) is 5.26 Å². The molecule has 0 amide bonds. The van der Waals surface area contributed by atoms with Gasteiger partial charge >= 0.3 is 0 Å². The molecule has 6 rings (SSSR count). The number of hydrogen-bond donors (Lipinski definition) is 0. The van der Waals surface area contributed by atoms with E-state index in [2.05, 4.69) is 90.4 Å². The number of nitriles is 1. The third-order valence-electron chi connectivity index (χ3n) is 6.75. The molecule has 2 nitrogen and oxygen atoms in total. The third kappa shape index (κ3) is 3.64. The van der Waals surface area contributed by atoms with Gasteiger partial charge in [0.15, 0.2) is 0 Å². The number of thiophene rings is 1. The highest BCUT2D eigenvalue weighted by atomic mass is 32.1. The predicted octanol–water partition coefficient (Wildman–Crippen LogP) is 9.03. The average Bonchev–Trinajstić information content (AvgIpc) is 3.31. The minimum atomic E-state index is 0.646. The summed E-state index contributed by atoms with van der Waals surface area (Å²) in [6.45, 7) is 4.44. The van der Waals surface area contributed by atoms with Gasteiger partial charge in [0.1, 0.15) is 6.07 Å². The Balaban J connectivity index is 1.67. The summed E-state index contributed by atoms with van der Waals surface area (Å²) in [4.78, 5) is 2.20. The van der Waals surface area contributed by atoms with E-state index in [1.54, 1.807) is 0 Å². The minimum Gasteiger partial charge on any atom is -0.309 e. The Labute approximate surface area is 209 Å². The van der Waals surface area contributed by atoms with Crippen LogP contribution in [0.15, 0.2) is 121 Å². The summed E-state index contributed by atoms with van der Waals surface area (Å²) >= 11 is 1.81. The fourth-order valence-corrected chi connectivity index (χ4v) is 6.37. The number of rotatable bonds is 2. The lowest BCUT2D eigenvalue weighted by Crippen LogP contribution is -2.23. The molecule has 0 saturated heterocycles. The van der Waals surface area contributed by atoms with Crippen molar-refractivity contribution in [2.75, 3.05) is 4.90 Å². The fraction of sp³-hybridized carbons (Fsp3) is 0.0938. The van der Waals surface area contributed by atoms with Crippen LogP contribution in [-0.2, 0) is 0 Å². The lowest BCUT2D eigenvalue weighted by molar-refractivity contribution is 0.885. The Kier molecular flexibility index (Phi) is 5.45. The zero-order valence-corrected chi connectivity index (χ0v) is 20.2. The van der Waals surface area contributed by atoms with Gasteiger partial charge in [0, 0.05) is 42.7 Å². The van der Waals surface area contributed by atoms with Crippen molar-refractivity contribution in [2.45, 2.75) is 19.3 Å². The second-order valence-corrected chi connectivity index (χ2v) is 9.89. The molecule has 3 heteroatoms. The molecule has 0 spiro atoms. The summed E-state index contributed by atoms with van der Waals surface area (Å²) in [5.74, 6) is 0. The average molecular weight is 469 g/mol. The maximum atomic E-state index is 10.2. The normalized spacial score (nSPS) is 17.6. The zero-order chi connectivity index (χ0) is 23.8. The SMILES string of the molecule is C=C1/C=C\C=C/CC2=C(C=CCC2)N1c1c(C#N)cccc1-c1cccc2c1sc1ccccc12. The van der Waals surface area contributed by atoms with Crippen molar-refractivity contribution in [3.8, 4) is 17.2 Å². The van der Waals surface area contributed by atoms with Crippen molar-refractivity contribution in [2.24, 2.45) is 0 Å². The molecule has 0 radical (unpaired) electrons. The lowest BCUT2D eigenvalue weighted by atomic mass is 9.94. The molecular formula is C32H24N2S. The van der Waals surface area contributed by atoms with E-state index < -0.39 is 0 Å². The lowest BCUT2D eigenvalue weighted by Gasteiger charge is -2.32. The predicted molar refractivity (Wildman–Crippen MR) is 149 cm³/mol. The van der Waals surface area contributed by atoms with Gasteiger partial charge in [0.2, 0.25) is 0 Å². The minimum absolute atomic E-state index is 0.646. The van der Waals surface area contributed by atoms with E-state index in [-0.39, 0.29) is 0 Å². The molecule has 0 atom stereocenters. The summed E-state index contributed by atoms with van der Waals surface area (Å²) in [5, 5.41) is 12.8. The summed E-state index contributed by atoms with van der Waals surface area (Å²) in [6, 6.07) is 23.6. The molecule has 1 aliphatic carbocycles. The van der Waals surface area contributed by atoms with Gasteiger partial charge in [0.25, 0.3) is 0 Å². The molecule has 35 heavy (non-hydrogen) atoms. The van der Waals surface area contributed by atoms with Crippen LogP contribution in [0.3, 0.4) is 0 Å². The van der Waals surface area contributed by atoms with Gasteiger partial charge in [0.05, 0.1) is 11.3 Å². The molecule has 0 saturated carbocycles. The van der Waals surface area contributed by atoms with Gasteiger partial charge in [-0.2, -0.15) is 5.26 Å². The van der Waals surface area contributed by atoms with Crippen molar-refractivity contribution in [1.82, 2.24) is 0 Å². The van der Waals surface area contributed by atoms with Crippen molar-refractivity contribution in [3.05, 3.63) is 126 Å². The van der Waals surface area contributed by atoms with Crippen molar-refractivity contribution in [3.63, 3.8) is 0 Å². The Hall–Kier alpha value is -4.13. The fourth-order valence-electron chi connectivity index (χ4n) is 5.14. The first kappa shape index (κ1) is 21.4. The van der Waals surface area contributed by atoms with Gasteiger partial charge in [-0.25, -0.2) is 0 Å². The molecule has 2 heterocycles. The quantitative estimate of drug-likeness (QED) is 0.293. The van der Waals surface area contributed by atoms with E-state index in [1.165, 1.54) is 25.7 Å². The molecule has 0 bridgehead atoms. The molecular weight excluding hydrogens is 444 g/mol. The summed E-state index contributed by atoms with van der Waals surface area (Å²) in [5.41, 5.74) is 7.09. The summed E-state index contributed by atoms with van der Waals surface area (Å²) in [7, 11) is 0. The Morgan fingerprint density at radius 1 is 0.857 bits per heavy atom. The summed E-state index contributed by atoms with van der Waals surface area (Å²) in [6.07, 6.45) is 15.7. The first-order valence-electron chi connectivity index (χ1n) is 11.9. The van der Waals surface area contributed by atoms with Crippen LogP contribution < -0.4 is 4.90 Å². The molecule has 0 fully saturated rings. The second-order valence-electron chi connectivity index (χ2n) is 8.84. The standard InChI is InChI=1S/C32H24N2S/c1-22-11-3-2-4-12-23-13-5-7-19-29(23)34(22)31-24(21-33)14-9-16-26(31)28-18-10-17-27-25-15-6-8-20-30(25)35-32(27)28/h2-4,6-11,14-20H,1,5,12-13H2/b4-2-,11-3-. The van der Waals surface area contributed by atoms with E-state index >= 15 is 0 Å². The molecule has 2 aliphatic rings. The van der Waals surface area contributed by atoms with Crippen LogP contribution in [0.4, 0.5) is 5.69 Å². The molecule has 0 N–H and O–H groups in total. The van der Waals surface area contributed by atoms with Crippen molar-refractivity contribution < 1.29 is 0 Å². The Morgan fingerprint density at radius 2 is 1.69 bits per heavy atom. The van der Waals surface area contributed by atoms with E-state index in [1.807, 2.05) is 35.6 Å². The maximum absolute atomic E-state index is 10.2. The first-order chi connectivity index (χ1) is 17.3. The largest absolute Gasteiger partial charge is 0.309 e. The molecule has 4 aromatic rings.